The maximum absolute atomic E-state index is 11.1. The van der Waals surface area contributed by atoms with Gasteiger partial charge in [0.1, 0.15) is 0 Å². The van der Waals surface area contributed by atoms with Crippen molar-refractivity contribution >= 4 is 17.4 Å². The van der Waals surface area contributed by atoms with E-state index >= 15 is 0 Å². The number of nitrogens with zero attached hydrogens (tertiary/aromatic N) is 1. The first-order chi connectivity index (χ1) is 8.06. The van der Waals surface area contributed by atoms with Crippen LogP contribution in [0.5, 0.6) is 0 Å². The molecule has 0 saturated carbocycles. The van der Waals surface area contributed by atoms with Crippen LogP contribution in [-0.2, 0) is 0 Å². The van der Waals surface area contributed by atoms with Crippen LogP contribution in [0.2, 0.25) is 0 Å². The topological polar surface area (TPSA) is 49.7 Å². The van der Waals surface area contributed by atoms with Gasteiger partial charge in [-0.15, -0.1) is 0 Å². The summed E-state index contributed by atoms with van der Waals surface area (Å²) in [5.41, 5.74) is 2.76. The lowest BCUT2D eigenvalue weighted by Crippen LogP contribution is -1.99. The Morgan fingerprint density at radius 1 is 1.41 bits per heavy atom. The summed E-state index contributed by atoms with van der Waals surface area (Å²) < 4.78 is 0. The number of aromatic carboxylic acids is 1. The van der Waals surface area contributed by atoms with Gasteiger partial charge >= 0.3 is 5.97 Å². The van der Waals surface area contributed by atoms with Gasteiger partial charge in [-0.05, 0) is 38.3 Å². The largest absolute Gasteiger partial charge is 0.478 e. The summed E-state index contributed by atoms with van der Waals surface area (Å²) in [5.74, 6) is -0.921. The first-order valence-electron chi connectivity index (χ1n) is 5.93. The van der Waals surface area contributed by atoms with Crippen molar-refractivity contribution in [2.45, 2.75) is 40.0 Å². The smallest absolute Gasteiger partial charge is 0.337 e. The Morgan fingerprint density at radius 2 is 2.12 bits per heavy atom. The molecule has 0 heterocycles. The van der Waals surface area contributed by atoms with Gasteiger partial charge in [0, 0.05) is 5.71 Å². The molecule has 1 aromatic rings. The number of para-hydroxylation sites is 1. The predicted molar refractivity (Wildman–Crippen MR) is 70.4 cm³/mol. The average Bonchev–Trinajstić information content (AvgIpc) is 2.28. The molecule has 17 heavy (non-hydrogen) atoms. The van der Waals surface area contributed by atoms with Crippen molar-refractivity contribution in [1.29, 1.82) is 0 Å². The standard InChI is InChI=1S/C14H19NO2/c1-4-5-8-11(3)15-13-10(2)7-6-9-12(13)14(16)17/h6-7,9H,4-5,8H2,1-3H3,(H,16,17). The highest BCUT2D eigenvalue weighted by molar-refractivity contribution is 5.96. The molecule has 0 atom stereocenters. The molecule has 3 heteroatoms. The molecule has 0 fully saturated rings. The van der Waals surface area contributed by atoms with Crippen LogP contribution >= 0.6 is 0 Å². The Hall–Kier alpha value is -1.64. The lowest BCUT2D eigenvalue weighted by Gasteiger charge is -2.06. The number of carbonyl (C=O) groups is 1. The van der Waals surface area contributed by atoms with Crippen molar-refractivity contribution in [2.75, 3.05) is 0 Å². The molecule has 0 bridgehead atoms. The third-order valence-electron chi connectivity index (χ3n) is 2.66. The zero-order chi connectivity index (χ0) is 12.8. The first kappa shape index (κ1) is 13.4. The quantitative estimate of drug-likeness (QED) is 0.782. The minimum Gasteiger partial charge on any atom is -0.478 e. The van der Waals surface area contributed by atoms with Crippen molar-refractivity contribution in [3.05, 3.63) is 29.3 Å². The van der Waals surface area contributed by atoms with E-state index in [1.807, 2.05) is 19.9 Å². The van der Waals surface area contributed by atoms with E-state index in [0.717, 1.165) is 30.5 Å². The molecule has 0 spiro atoms. The first-order valence-corrected chi connectivity index (χ1v) is 5.93. The summed E-state index contributed by atoms with van der Waals surface area (Å²) in [4.78, 5) is 15.6. The molecule has 0 amide bonds. The maximum atomic E-state index is 11.1. The summed E-state index contributed by atoms with van der Waals surface area (Å²) in [7, 11) is 0. The number of aryl methyl sites for hydroxylation is 1. The van der Waals surface area contributed by atoms with E-state index in [1.165, 1.54) is 0 Å². The van der Waals surface area contributed by atoms with Crippen molar-refractivity contribution in [2.24, 2.45) is 4.99 Å². The normalized spacial score (nSPS) is 11.6. The van der Waals surface area contributed by atoms with Crippen LogP contribution in [0.25, 0.3) is 0 Å². The SMILES string of the molecule is CCCCC(C)=Nc1c(C)cccc1C(=O)O. The van der Waals surface area contributed by atoms with Gasteiger partial charge in [-0.1, -0.05) is 25.5 Å². The highest BCUT2D eigenvalue weighted by Crippen LogP contribution is 2.24. The fourth-order valence-corrected chi connectivity index (χ4v) is 1.66. The number of aliphatic imine (C=N–C) groups is 1. The van der Waals surface area contributed by atoms with E-state index in [4.69, 9.17) is 5.11 Å². The predicted octanol–water partition coefficient (Wildman–Crippen LogP) is 3.98. The van der Waals surface area contributed by atoms with Gasteiger partial charge in [0.25, 0.3) is 0 Å². The summed E-state index contributed by atoms with van der Waals surface area (Å²) >= 11 is 0. The fourth-order valence-electron chi connectivity index (χ4n) is 1.66. The minimum absolute atomic E-state index is 0.279. The summed E-state index contributed by atoms with van der Waals surface area (Å²) in [6.45, 7) is 5.97. The lowest BCUT2D eigenvalue weighted by atomic mass is 10.1. The molecular weight excluding hydrogens is 214 g/mol. The van der Waals surface area contributed by atoms with E-state index in [1.54, 1.807) is 12.1 Å². The number of hydrogen-bond acceptors (Lipinski definition) is 2. The molecular formula is C14H19NO2. The van der Waals surface area contributed by atoms with Crippen molar-refractivity contribution < 1.29 is 9.90 Å². The molecule has 92 valence electrons. The van der Waals surface area contributed by atoms with Crippen LogP contribution in [0.3, 0.4) is 0 Å². The van der Waals surface area contributed by atoms with Gasteiger partial charge in [0.2, 0.25) is 0 Å². The Balaban J connectivity index is 3.08. The van der Waals surface area contributed by atoms with Crippen LogP contribution in [-0.4, -0.2) is 16.8 Å². The highest BCUT2D eigenvalue weighted by atomic mass is 16.4. The molecule has 0 aliphatic rings. The minimum atomic E-state index is -0.921. The van der Waals surface area contributed by atoms with E-state index in [-0.39, 0.29) is 5.56 Å². The van der Waals surface area contributed by atoms with Gasteiger partial charge in [-0.2, -0.15) is 0 Å². The molecule has 1 aromatic carbocycles. The zero-order valence-electron chi connectivity index (χ0n) is 10.7. The van der Waals surface area contributed by atoms with Crippen molar-refractivity contribution in [1.82, 2.24) is 0 Å². The van der Waals surface area contributed by atoms with Crippen LogP contribution in [0, 0.1) is 6.92 Å². The number of hydrogen-bond donors (Lipinski definition) is 1. The molecule has 0 saturated heterocycles. The van der Waals surface area contributed by atoms with Gasteiger partial charge < -0.3 is 5.11 Å². The third kappa shape index (κ3) is 3.70. The molecule has 0 radical (unpaired) electrons. The molecule has 1 N–H and O–H groups in total. The van der Waals surface area contributed by atoms with Crippen molar-refractivity contribution in [3.63, 3.8) is 0 Å². The van der Waals surface area contributed by atoms with Gasteiger partial charge in [-0.25, -0.2) is 4.79 Å². The van der Waals surface area contributed by atoms with Crippen LogP contribution in [0.4, 0.5) is 5.69 Å². The Labute approximate surface area is 102 Å². The lowest BCUT2D eigenvalue weighted by molar-refractivity contribution is 0.0698. The van der Waals surface area contributed by atoms with E-state index < -0.39 is 5.97 Å². The Kier molecular flexibility index (Phi) is 4.88. The fraction of sp³-hybridized carbons (Fsp3) is 0.429. The number of benzene rings is 1. The second kappa shape index (κ2) is 6.18. The van der Waals surface area contributed by atoms with Crippen LogP contribution in [0.15, 0.2) is 23.2 Å². The van der Waals surface area contributed by atoms with Crippen LogP contribution in [0.1, 0.15) is 49.0 Å². The van der Waals surface area contributed by atoms with Gasteiger partial charge in [-0.3, -0.25) is 4.99 Å². The van der Waals surface area contributed by atoms with E-state index in [2.05, 4.69) is 11.9 Å². The second-order valence-corrected chi connectivity index (χ2v) is 4.23. The Bertz CT molecular complexity index is 436. The molecule has 0 aromatic heterocycles. The molecule has 0 unspecified atom stereocenters. The number of rotatable bonds is 5. The summed E-state index contributed by atoms with van der Waals surface area (Å²) in [6, 6.07) is 5.23. The molecule has 0 aliphatic carbocycles. The van der Waals surface area contributed by atoms with Crippen molar-refractivity contribution in [3.8, 4) is 0 Å². The number of unbranched alkanes of at least 4 members (excludes halogenated alkanes) is 1. The molecule has 3 nitrogen and oxygen atoms in total. The Morgan fingerprint density at radius 3 is 2.71 bits per heavy atom. The van der Waals surface area contributed by atoms with E-state index in [9.17, 15) is 4.79 Å². The summed E-state index contributed by atoms with van der Waals surface area (Å²) in [5, 5.41) is 9.11. The second-order valence-electron chi connectivity index (χ2n) is 4.23. The van der Waals surface area contributed by atoms with Crippen LogP contribution < -0.4 is 0 Å². The average molecular weight is 233 g/mol. The third-order valence-corrected chi connectivity index (χ3v) is 2.66. The number of carboxylic acids is 1. The maximum Gasteiger partial charge on any atom is 0.337 e. The highest BCUT2D eigenvalue weighted by Gasteiger charge is 2.11. The zero-order valence-corrected chi connectivity index (χ0v) is 10.7. The number of carboxylic acid groups (broad SMARTS) is 1. The van der Waals surface area contributed by atoms with Gasteiger partial charge in [0.15, 0.2) is 0 Å². The van der Waals surface area contributed by atoms with E-state index in [0.29, 0.717) is 5.69 Å². The summed E-state index contributed by atoms with van der Waals surface area (Å²) in [6.07, 6.45) is 3.12. The van der Waals surface area contributed by atoms with Gasteiger partial charge in [0.05, 0.1) is 11.3 Å². The monoisotopic (exact) mass is 233 g/mol. The molecule has 1 rings (SSSR count). The molecule has 0 aliphatic heterocycles.